The number of aryl methyl sites for hydroxylation is 1. The highest BCUT2D eigenvalue weighted by molar-refractivity contribution is 5.70. The van der Waals surface area contributed by atoms with E-state index in [0.717, 1.165) is 25.9 Å². The molecule has 1 aromatic carbocycles. The number of rotatable bonds is 2. The van der Waals surface area contributed by atoms with Crippen molar-refractivity contribution in [1.29, 1.82) is 0 Å². The minimum Gasteiger partial charge on any atom is -0.481 e. The summed E-state index contributed by atoms with van der Waals surface area (Å²) in [6.45, 7) is 3.90. The quantitative estimate of drug-likeness (QED) is 0.887. The molecule has 1 aliphatic heterocycles. The normalized spacial score (nSPS) is 31.1. The van der Waals surface area contributed by atoms with E-state index in [0.29, 0.717) is 6.04 Å². The monoisotopic (exact) mass is 259 g/mol. The average Bonchev–Trinajstić information content (AvgIpc) is 2.82. The molecule has 1 fully saturated rings. The summed E-state index contributed by atoms with van der Waals surface area (Å²) in [4.78, 5) is 13.7. The second kappa shape index (κ2) is 4.97. The first-order valence-corrected chi connectivity index (χ1v) is 7.21. The van der Waals surface area contributed by atoms with Crippen LogP contribution in [-0.2, 0) is 11.2 Å². The molecule has 3 rings (SSSR count). The minimum absolute atomic E-state index is 0.159. The van der Waals surface area contributed by atoms with Gasteiger partial charge in [0.2, 0.25) is 0 Å². The number of likely N-dealkylation sites (tertiary alicyclic amines) is 1. The van der Waals surface area contributed by atoms with Crippen molar-refractivity contribution < 1.29 is 9.90 Å². The van der Waals surface area contributed by atoms with Crippen LogP contribution in [-0.4, -0.2) is 29.1 Å². The number of aliphatic carboxylic acids is 1. The lowest BCUT2D eigenvalue weighted by atomic mass is 9.86. The molecule has 19 heavy (non-hydrogen) atoms. The zero-order chi connectivity index (χ0) is 13.4. The first-order chi connectivity index (χ1) is 9.16. The third kappa shape index (κ3) is 2.27. The van der Waals surface area contributed by atoms with E-state index in [4.69, 9.17) is 0 Å². The Labute approximate surface area is 114 Å². The van der Waals surface area contributed by atoms with Crippen LogP contribution < -0.4 is 0 Å². The highest BCUT2D eigenvalue weighted by Gasteiger charge is 2.36. The third-order valence-electron chi connectivity index (χ3n) is 4.80. The maximum atomic E-state index is 11.2. The van der Waals surface area contributed by atoms with Gasteiger partial charge in [-0.1, -0.05) is 31.2 Å². The van der Waals surface area contributed by atoms with E-state index in [9.17, 15) is 9.90 Å². The van der Waals surface area contributed by atoms with Crippen LogP contribution >= 0.6 is 0 Å². The second-order valence-corrected chi connectivity index (χ2v) is 5.96. The van der Waals surface area contributed by atoms with Crippen LogP contribution in [0.2, 0.25) is 0 Å². The van der Waals surface area contributed by atoms with E-state index < -0.39 is 5.97 Å². The number of hydrogen-bond donors (Lipinski definition) is 1. The molecule has 1 N–H and O–H groups in total. The van der Waals surface area contributed by atoms with E-state index >= 15 is 0 Å². The van der Waals surface area contributed by atoms with Gasteiger partial charge in [-0.25, -0.2) is 0 Å². The van der Waals surface area contributed by atoms with Crippen molar-refractivity contribution in [3.8, 4) is 0 Å². The molecular weight excluding hydrogens is 238 g/mol. The largest absolute Gasteiger partial charge is 0.481 e. The lowest BCUT2D eigenvalue weighted by molar-refractivity contribution is -0.145. The van der Waals surface area contributed by atoms with Gasteiger partial charge in [0, 0.05) is 12.6 Å². The molecule has 0 radical (unpaired) electrons. The predicted octanol–water partition coefficient (Wildman–Crippen LogP) is 2.72. The lowest BCUT2D eigenvalue weighted by Crippen LogP contribution is -2.43. The molecular formula is C16H21NO2. The summed E-state index contributed by atoms with van der Waals surface area (Å²) >= 11 is 0. The van der Waals surface area contributed by atoms with Gasteiger partial charge in [-0.15, -0.1) is 0 Å². The molecule has 0 saturated carbocycles. The predicted molar refractivity (Wildman–Crippen MR) is 74.0 cm³/mol. The highest BCUT2D eigenvalue weighted by atomic mass is 16.4. The van der Waals surface area contributed by atoms with Gasteiger partial charge in [0.25, 0.3) is 0 Å². The van der Waals surface area contributed by atoms with Gasteiger partial charge in [-0.05, 0) is 42.9 Å². The Hall–Kier alpha value is -1.35. The van der Waals surface area contributed by atoms with E-state index in [1.54, 1.807) is 0 Å². The molecule has 0 aromatic heterocycles. The van der Waals surface area contributed by atoms with E-state index in [-0.39, 0.29) is 11.8 Å². The van der Waals surface area contributed by atoms with Crippen LogP contribution in [0.5, 0.6) is 0 Å². The average molecular weight is 259 g/mol. The van der Waals surface area contributed by atoms with Gasteiger partial charge in [-0.3, -0.25) is 9.69 Å². The third-order valence-corrected chi connectivity index (χ3v) is 4.80. The summed E-state index contributed by atoms with van der Waals surface area (Å²) in [6, 6.07) is 9.20. The van der Waals surface area contributed by atoms with Gasteiger partial charge in [0.05, 0.1) is 5.92 Å². The Morgan fingerprint density at radius 3 is 2.84 bits per heavy atom. The molecule has 1 aromatic rings. The second-order valence-electron chi connectivity index (χ2n) is 5.96. The van der Waals surface area contributed by atoms with Gasteiger partial charge >= 0.3 is 5.97 Å². The molecule has 3 atom stereocenters. The fourth-order valence-corrected chi connectivity index (χ4v) is 3.74. The van der Waals surface area contributed by atoms with Crippen molar-refractivity contribution in [1.82, 2.24) is 4.90 Å². The number of carboxylic acids is 1. The molecule has 102 valence electrons. The Kier molecular flexibility index (Phi) is 3.31. The van der Waals surface area contributed by atoms with Crippen molar-refractivity contribution in [3.63, 3.8) is 0 Å². The highest BCUT2D eigenvalue weighted by Crippen LogP contribution is 2.38. The minimum atomic E-state index is -0.626. The number of benzene rings is 1. The fraction of sp³-hybridized carbons (Fsp3) is 0.562. The van der Waals surface area contributed by atoms with Crippen molar-refractivity contribution in [2.75, 3.05) is 13.1 Å². The Balaban J connectivity index is 1.74. The molecule has 1 saturated heterocycles. The zero-order valence-corrected chi connectivity index (χ0v) is 11.4. The summed E-state index contributed by atoms with van der Waals surface area (Å²) in [5.74, 6) is -0.536. The van der Waals surface area contributed by atoms with Gasteiger partial charge in [0.1, 0.15) is 0 Å². The molecule has 0 bridgehead atoms. The van der Waals surface area contributed by atoms with Gasteiger partial charge < -0.3 is 5.11 Å². The van der Waals surface area contributed by atoms with Crippen LogP contribution in [0.25, 0.3) is 0 Å². The van der Waals surface area contributed by atoms with E-state index in [1.165, 1.54) is 17.5 Å². The van der Waals surface area contributed by atoms with Crippen LogP contribution in [0.4, 0.5) is 0 Å². The Morgan fingerprint density at radius 2 is 2.11 bits per heavy atom. The standard InChI is InChI=1S/C16H21NO2/c1-11-10-17(9-8-13(11)16(18)19)15-7-6-12-4-2-3-5-14(12)15/h2-5,11,13,15H,6-10H2,1H3,(H,18,19). The number of carboxylic acid groups (broad SMARTS) is 1. The molecule has 1 heterocycles. The Bertz CT molecular complexity index is 485. The number of piperidine rings is 1. The summed E-state index contributed by atoms with van der Waals surface area (Å²) in [6.07, 6.45) is 3.13. The molecule has 0 spiro atoms. The first-order valence-electron chi connectivity index (χ1n) is 7.21. The Morgan fingerprint density at radius 1 is 1.32 bits per heavy atom. The smallest absolute Gasteiger partial charge is 0.306 e. The molecule has 3 unspecified atom stereocenters. The topological polar surface area (TPSA) is 40.5 Å². The van der Waals surface area contributed by atoms with Gasteiger partial charge in [-0.2, -0.15) is 0 Å². The van der Waals surface area contributed by atoms with Crippen molar-refractivity contribution in [2.24, 2.45) is 11.8 Å². The van der Waals surface area contributed by atoms with Crippen LogP contribution in [0, 0.1) is 11.8 Å². The lowest BCUT2D eigenvalue weighted by Gasteiger charge is -2.38. The zero-order valence-electron chi connectivity index (χ0n) is 11.4. The SMILES string of the molecule is CC1CN(C2CCc3ccccc32)CCC1C(=O)O. The number of nitrogens with zero attached hydrogens (tertiary/aromatic N) is 1. The summed E-state index contributed by atoms with van der Waals surface area (Å²) in [5, 5.41) is 9.20. The van der Waals surface area contributed by atoms with Crippen LogP contribution in [0.1, 0.15) is 36.9 Å². The van der Waals surface area contributed by atoms with Crippen LogP contribution in [0.3, 0.4) is 0 Å². The first kappa shape index (κ1) is 12.7. The van der Waals surface area contributed by atoms with E-state index in [2.05, 4.69) is 36.1 Å². The van der Waals surface area contributed by atoms with Gasteiger partial charge in [0.15, 0.2) is 0 Å². The summed E-state index contributed by atoms with van der Waals surface area (Å²) in [5.41, 5.74) is 2.93. The molecule has 1 aliphatic carbocycles. The van der Waals surface area contributed by atoms with Crippen molar-refractivity contribution in [3.05, 3.63) is 35.4 Å². The van der Waals surface area contributed by atoms with E-state index in [1.807, 2.05) is 0 Å². The summed E-state index contributed by atoms with van der Waals surface area (Å²) in [7, 11) is 0. The maximum Gasteiger partial charge on any atom is 0.306 e. The molecule has 0 amide bonds. The van der Waals surface area contributed by atoms with Crippen molar-refractivity contribution >= 4 is 5.97 Å². The molecule has 3 heteroatoms. The number of hydrogen-bond acceptors (Lipinski definition) is 2. The number of fused-ring (bicyclic) bond motifs is 1. The number of carbonyl (C=O) groups is 1. The molecule has 2 aliphatic rings. The van der Waals surface area contributed by atoms with Crippen LogP contribution in [0.15, 0.2) is 24.3 Å². The summed E-state index contributed by atoms with van der Waals surface area (Å²) < 4.78 is 0. The maximum absolute atomic E-state index is 11.2. The fourth-order valence-electron chi connectivity index (χ4n) is 3.74. The molecule has 3 nitrogen and oxygen atoms in total. The van der Waals surface area contributed by atoms with Crippen molar-refractivity contribution in [2.45, 2.75) is 32.2 Å².